The van der Waals surface area contributed by atoms with Gasteiger partial charge in [0.2, 0.25) is 0 Å². The summed E-state index contributed by atoms with van der Waals surface area (Å²) < 4.78 is 9.74. The number of benzene rings is 1. The summed E-state index contributed by atoms with van der Waals surface area (Å²) in [5, 5.41) is 0. The van der Waals surface area contributed by atoms with Crippen molar-refractivity contribution in [3.8, 4) is 0 Å². The van der Waals surface area contributed by atoms with Gasteiger partial charge in [-0.25, -0.2) is 4.79 Å². The molecule has 1 aromatic carbocycles. The lowest BCUT2D eigenvalue weighted by Crippen LogP contribution is -2.49. The number of piperidine rings is 1. The highest BCUT2D eigenvalue weighted by molar-refractivity contribution is 5.94. The lowest BCUT2D eigenvalue weighted by atomic mass is 10.0. The number of esters is 1. The third kappa shape index (κ3) is 5.21. The van der Waals surface area contributed by atoms with Gasteiger partial charge in [0.25, 0.3) is 5.91 Å². The number of hydrogen-bond acceptors (Lipinski definition) is 5. The Morgan fingerprint density at radius 1 is 1.15 bits per heavy atom. The molecule has 0 saturated carbocycles. The first-order chi connectivity index (χ1) is 12.6. The number of amides is 2. The second-order valence-electron chi connectivity index (χ2n) is 6.11. The summed E-state index contributed by atoms with van der Waals surface area (Å²) in [5.74, 6) is -0.455. The molecule has 142 valence electrons. The average Bonchev–Trinajstić information content (AvgIpc) is 2.69. The molecule has 1 aliphatic heterocycles. The number of hydrogen-bond donors (Lipinski definition) is 0. The van der Waals surface area contributed by atoms with Crippen LogP contribution in [-0.4, -0.2) is 67.2 Å². The summed E-state index contributed by atoms with van der Waals surface area (Å²) in [6, 6.07) is 8.98. The average molecular weight is 362 g/mol. The molecule has 2 rings (SSSR count). The van der Waals surface area contributed by atoms with E-state index in [1.54, 1.807) is 28.9 Å². The lowest BCUT2D eigenvalue weighted by Gasteiger charge is -2.38. The molecule has 0 unspecified atom stereocenters. The van der Waals surface area contributed by atoms with E-state index < -0.39 is 0 Å². The molecule has 26 heavy (non-hydrogen) atoms. The fourth-order valence-corrected chi connectivity index (χ4v) is 3.09. The minimum atomic E-state index is -0.347. The van der Waals surface area contributed by atoms with E-state index in [0.29, 0.717) is 44.6 Å². The van der Waals surface area contributed by atoms with Crippen molar-refractivity contribution in [2.45, 2.75) is 32.2 Å². The zero-order chi connectivity index (χ0) is 18.9. The van der Waals surface area contributed by atoms with Crippen LogP contribution in [0.15, 0.2) is 30.3 Å². The van der Waals surface area contributed by atoms with Crippen molar-refractivity contribution in [2.75, 3.05) is 33.4 Å². The number of nitrogens with zero attached hydrogens (tertiary/aromatic N) is 2. The molecule has 7 nitrogen and oxygen atoms in total. The monoisotopic (exact) mass is 362 g/mol. The maximum absolute atomic E-state index is 12.9. The van der Waals surface area contributed by atoms with Crippen LogP contribution in [0.25, 0.3) is 0 Å². The van der Waals surface area contributed by atoms with Crippen molar-refractivity contribution < 1.29 is 23.9 Å². The summed E-state index contributed by atoms with van der Waals surface area (Å²) in [7, 11) is 1.34. The Morgan fingerprint density at radius 2 is 1.81 bits per heavy atom. The van der Waals surface area contributed by atoms with Crippen LogP contribution in [0.3, 0.4) is 0 Å². The number of likely N-dealkylation sites (tertiary alicyclic amines) is 1. The molecule has 0 spiro atoms. The van der Waals surface area contributed by atoms with E-state index in [1.807, 2.05) is 18.2 Å². The van der Waals surface area contributed by atoms with Gasteiger partial charge >= 0.3 is 12.1 Å². The summed E-state index contributed by atoms with van der Waals surface area (Å²) in [6.45, 7) is 3.47. The van der Waals surface area contributed by atoms with E-state index in [9.17, 15) is 14.4 Å². The van der Waals surface area contributed by atoms with E-state index >= 15 is 0 Å². The Hall–Kier alpha value is -2.57. The lowest BCUT2D eigenvalue weighted by molar-refractivity contribution is -0.140. The number of ether oxygens (including phenoxy) is 2. The zero-order valence-electron chi connectivity index (χ0n) is 15.3. The first kappa shape index (κ1) is 19.8. The number of methoxy groups -OCH3 is 1. The highest BCUT2D eigenvalue weighted by atomic mass is 16.6. The fraction of sp³-hybridized carbons (Fsp3) is 0.526. The third-order valence-electron chi connectivity index (χ3n) is 4.50. The first-order valence-electron chi connectivity index (χ1n) is 8.91. The molecule has 1 heterocycles. The van der Waals surface area contributed by atoms with Crippen molar-refractivity contribution in [1.82, 2.24) is 9.80 Å². The molecule has 0 aromatic heterocycles. The minimum absolute atomic E-state index is 0.0296. The summed E-state index contributed by atoms with van der Waals surface area (Å²) in [5.41, 5.74) is 0.588. The van der Waals surface area contributed by atoms with Gasteiger partial charge in [-0.1, -0.05) is 18.2 Å². The second-order valence-corrected chi connectivity index (χ2v) is 6.11. The third-order valence-corrected chi connectivity index (χ3v) is 4.50. The Bertz CT molecular complexity index is 612. The van der Waals surface area contributed by atoms with Gasteiger partial charge in [0.15, 0.2) is 0 Å². The Kier molecular flexibility index (Phi) is 7.44. The SMILES string of the molecule is CCOC(=O)N1CCC(N(CCC(=O)OC)C(=O)c2ccccc2)CC1. The summed E-state index contributed by atoms with van der Waals surface area (Å²) >= 11 is 0. The quantitative estimate of drug-likeness (QED) is 0.726. The Labute approximate surface area is 153 Å². The zero-order valence-corrected chi connectivity index (χ0v) is 15.3. The molecule has 1 aromatic rings. The van der Waals surface area contributed by atoms with Crippen LogP contribution in [0.4, 0.5) is 4.79 Å². The molecule has 0 radical (unpaired) electrons. The summed E-state index contributed by atoms with van der Waals surface area (Å²) in [4.78, 5) is 39.7. The topological polar surface area (TPSA) is 76.2 Å². The van der Waals surface area contributed by atoms with Crippen LogP contribution < -0.4 is 0 Å². The smallest absolute Gasteiger partial charge is 0.409 e. The highest BCUT2D eigenvalue weighted by Gasteiger charge is 2.30. The molecule has 0 bridgehead atoms. The van der Waals surface area contributed by atoms with Crippen molar-refractivity contribution >= 4 is 18.0 Å². The van der Waals surface area contributed by atoms with Crippen LogP contribution in [0.1, 0.15) is 36.5 Å². The van der Waals surface area contributed by atoms with E-state index in [0.717, 1.165) is 0 Å². The van der Waals surface area contributed by atoms with Gasteiger partial charge in [-0.05, 0) is 31.9 Å². The first-order valence-corrected chi connectivity index (χ1v) is 8.91. The normalized spacial score (nSPS) is 14.6. The van der Waals surface area contributed by atoms with Gasteiger partial charge < -0.3 is 19.3 Å². The van der Waals surface area contributed by atoms with E-state index in [-0.39, 0.29) is 30.4 Å². The molecule has 0 N–H and O–H groups in total. The van der Waals surface area contributed by atoms with Gasteiger partial charge in [-0.3, -0.25) is 9.59 Å². The number of rotatable bonds is 6. The predicted octanol–water partition coefficient (Wildman–Crippen LogP) is 2.31. The van der Waals surface area contributed by atoms with E-state index in [1.165, 1.54) is 7.11 Å². The Morgan fingerprint density at radius 3 is 2.38 bits per heavy atom. The number of carbonyl (C=O) groups excluding carboxylic acids is 3. The predicted molar refractivity (Wildman–Crippen MR) is 95.7 cm³/mol. The van der Waals surface area contributed by atoms with Gasteiger partial charge in [0.05, 0.1) is 20.1 Å². The molecular weight excluding hydrogens is 336 g/mol. The summed E-state index contributed by atoms with van der Waals surface area (Å²) in [6.07, 6.45) is 1.13. The van der Waals surface area contributed by atoms with Crippen LogP contribution in [0.2, 0.25) is 0 Å². The molecule has 1 fully saturated rings. The van der Waals surface area contributed by atoms with Crippen molar-refractivity contribution in [1.29, 1.82) is 0 Å². The van der Waals surface area contributed by atoms with Crippen LogP contribution in [0, 0.1) is 0 Å². The molecule has 0 aliphatic carbocycles. The van der Waals surface area contributed by atoms with Crippen LogP contribution in [0.5, 0.6) is 0 Å². The van der Waals surface area contributed by atoms with Crippen molar-refractivity contribution in [3.05, 3.63) is 35.9 Å². The van der Waals surface area contributed by atoms with E-state index in [4.69, 9.17) is 9.47 Å². The standard InChI is InChI=1S/C19H26N2O5/c1-3-26-19(24)20-12-9-16(10-13-20)21(14-11-17(22)25-2)18(23)15-7-5-4-6-8-15/h4-8,16H,3,9-14H2,1-2H3. The van der Waals surface area contributed by atoms with Gasteiger partial charge in [-0.2, -0.15) is 0 Å². The molecule has 7 heteroatoms. The van der Waals surface area contributed by atoms with Gasteiger partial charge in [0, 0.05) is 31.2 Å². The van der Waals surface area contributed by atoms with E-state index in [2.05, 4.69) is 0 Å². The molecule has 1 saturated heterocycles. The molecular formula is C19H26N2O5. The highest BCUT2D eigenvalue weighted by Crippen LogP contribution is 2.20. The van der Waals surface area contributed by atoms with Crippen LogP contribution in [-0.2, 0) is 14.3 Å². The van der Waals surface area contributed by atoms with Crippen LogP contribution >= 0.6 is 0 Å². The second kappa shape index (κ2) is 9.79. The van der Waals surface area contributed by atoms with Crippen molar-refractivity contribution in [3.63, 3.8) is 0 Å². The fourth-order valence-electron chi connectivity index (χ4n) is 3.09. The minimum Gasteiger partial charge on any atom is -0.469 e. The largest absolute Gasteiger partial charge is 0.469 e. The number of carbonyl (C=O) groups is 3. The Balaban J connectivity index is 2.05. The molecule has 1 aliphatic rings. The maximum Gasteiger partial charge on any atom is 0.409 e. The van der Waals surface area contributed by atoms with Crippen molar-refractivity contribution in [2.24, 2.45) is 0 Å². The maximum atomic E-state index is 12.9. The molecule has 2 amide bonds. The van der Waals surface area contributed by atoms with Gasteiger partial charge in [0.1, 0.15) is 0 Å². The van der Waals surface area contributed by atoms with Gasteiger partial charge in [-0.15, -0.1) is 0 Å². The molecule has 0 atom stereocenters.